The first-order chi connectivity index (χ1) is 8.60. The standard InChI is InChI=1S/C12H11FN2O2S/c1-7-3-4-9(8(13)5-7)14-12-15-10(6-18-12)11(16)17-2/h3-6H,1-2H3,(H,14,15). The Hall–Kier alpha value is -1.95. The molecule has 1 aromatic heterocycles. The lowest BCUT2D eigenvalue weighted by Gasteiger charge is -2.04. The number of ether oxygens (including phenoxy) is 1. The summed E-state index contributed by atoms with van der Waals surface area (Å²) >= 11 is 1.21. The van der Waals surface area contributed by atoms with E-state index in [2.05, 4.69) is 15.0 Å². The van der Waals surface area contributed by atoms with E-state index in [1.807, 2.05) is 6.92 Å². The number of aryl methyl sites for hydroxylation is 1. The Kier molecular flexibility index (Phi) is 3.57. The Morgan fingerprint density at radius 2 is 2.28 bits per heavy atom. The fraction of sp³-hybridized carbons (Fsp3) is 0.167. The molecule has 18 heavy (non-hydrogen) atoms. The summed E-state index contributed by atoms with van der Waals surface area (Å²) in [5.41, 5.74) is 1.37. The van der Waals surface area contributed by atoms with E-state index in [9.17, 15) is 9.18 Å². The fourth-order valence-electron chi connectivity index (χ4n) is 1.37. The SMILES string of the molecule is COC(=O)c1csc(Nc2ccc(C)cc2F)n1. The minimum absolute atomic E-state index is 0.206. The van der Waals surface area contributed by atoms with Gasteiger partial charge in [0.1, 0.15) is 5.82 Å². The molecule has 1 N–H and O–H groups in total. The molecular formula is C12H11FN2O2S. The molecule has 0 saturated carbocycles. The van der Waals surface area contributed by atoms with Gasteiger partial charge in [0.05, 0.1) is 12.8 Å². The summed E-state index contributed by atoms with van der Waals surface area (Å²) in [5, 5.41) is 4.82. The van der Waals surface area contributed by atoms with Crippen molar-refractivity contribution in [1.29, 1.82) is 0 Å². The van der Waals surface area contributed by atoms with E-state index in [1.54, 1.807) is 17.5 Å². The van der Waals surface area contributed by atoms with Crippen molar-refractivity contribution in [1.82, 2.24) is 4.98 Å². The van der Waals surface area contributed by atoms with Crippen LogP contribution in [0.1, 0.15) is 16.1 Å². The Morgan fingerprint density at radius 3 is 2.94 bits per heavy atom. The summed E-state index contributed by atoms with van der Waals surface area (Å²) in [6, 6.07) is 4.85. The Bertz CT molecular complexity index is 583. The molecule has 0 saturated heterocycles. The molecule has 94 valence electrons. The number of hydrogen-bond acceptors (Lipinski definition) is 5. The largest absolute Gasteiger partial charge is 0.464 e. The summed E-state index contributed by atoms with van der Waals surface area (Å²) in [5.74, 6) is -0.867. The maximum absolute atomic E-state index is 13.6. The Balaban J connectivity index is 2.18. The third kappa shape index (κ3) is 2.65. The number of carbonyl (C=O) groups excluding carboxylic acids is 1. The highest BCUT2D eigenvalue weighted by atomic mass is 32.1. The Morgan fingerprint density at radius 1 is 1.50 bits per heavy atom. The number of hydrogen-bond donors (Lipinski definition) is 1. The fourth-order valence-corrected chi connectivity index (χ4v) is 2.06. The third-order valence-electron chi connectivity index (χ3n) is 2.26. The number of benzene rings is 1. The van der Waals surface area contributed by atoms with Gasteiger partial charge in [-0.25, -0.2) is 14.2 Å². The monoisotopic (exact) mass is 266 g/mol. The highest BCUT2D eigenvalue weighted by Gasteiger charge is 2.11. The highest BCUT2D eigenvalue weighted by molar-refractivity contribution is 7.14. The van der Waals surface area contributed by atoms with Crippen molar-refractivity contribution in [3.05, 3.63) is 40.7 Å². The lowest BCUT2D eigenvalue weighted by Crippen LogP contribution is -2.01. The van der Waals surface area contributed by atoms with Crippen LogP contribution in [0, 0.1) is 12.7 Å². The molecule has 6 heteroatoms. The van der Waals surface area contributed by atoms with Crippen LogP contribution in [0.15, 0.2) is 23.6 Å². The van der Waals surface area contributed by atoms with Crippen LogP contribution >= 0.6 is 11.3 Å². The number of nitrogens with one attached hydrogen (secondary N) is 1. The van der Waals surface area contributed by atoms with Gasteiger partial charge in [-0.3, -0.25) is 0 Å². The minimum Gasteiger partial charge on any atom is -0.464 e. The van der Waals surface area contributed by atoms with E-state index >= 15 is 0 Å². The zero-order valence-electron chi connectivity index (χ0n) is 9.86. The molecule has 0 unspecified atom stereocenters. The first-order valence-corrected chi connectivity index (χ1v) is 6.05. The number of carbonyl (C=O) groups is 1. The number of methoxy groups -OCH3 is 1. The van der Waals surface area contributed by atoms with Gasteiger partial charge in [-0.15, -0.1) is 11.3 Å². The van der Waals surface area contributed by atoms with Gasteiger partial charge in [0.25, 0.3) is 0 Å². The number of thiazole rings is 1. The first kappa shape index (κ1) is 12.5. The van der Waals surface area contributed by atoms with Crippen molar-refractivity contribution in [2.45, 2.75) is 6.92 Å². The second kappa shape index (κ2) is 5.14. The number of rotatable bonds is 3. The van der Waals surface area contributed by atoms with Gasteiger partial charge in [0, 0.05) is 5.38 Å². The molecule has 0 amide bonds. The van der Waals surface area contributed by atoms with E-state index in [-0.39, 0.29) is 11.5 Å². The van der Waals surface area contributed by atoms with E-state index in [0.717, 1.165) is 5.56 Å². The molecule has 0 fully saturated rings. The maximum Gasteiger partial charge on any atom is 0.357 e. The summed E-state index contributed by atoms with van der Waals surface area (Å²) in [4.78, 5) is 15.2. The highest BCUT2D eigenvalue weighted by Crippen LogP contribution is 2.23. The molecule has 1 heterocycles. The van der Waals surface area contributed by atoms with Crippen molar-refractivity contribution in [3.63, 3.8) is 0 Å². The molecule has 0 spiro atoms. The van der Waals surface area contributed by atoms with Crippen LogP contribution in [0.3, 0.4) is 0 Å². The number of halogens is 1. The van der Waals surface area contributed by atoms with Crippen molar-refractivity contribution >= 4 is 28.1 Å². The van der Waals surface area contributed by atoms with Crippen LogP contribution in [-0.2, 0) is 4.74 Å². The van der Waals surface area contributed by atoms with E-state index in [1.165, 1.54) is 24.5 Å². The summed E-state index contributed by atoms with van der Waals surface area (Å²) in [6.07, 6.45) is 0. The second-order valence-electron chi connectivity index (χ2n) is 3.64. The molecule has 4 nitrogen and oxygen atoms in total. The lowest BCUT2D eigenvalue weighted by atomic mass is 10.2. The van der Waals surface area contributed by atoms with Crippen LogP contribution < -0.4 is 5.32 Å². The average molecular weight is 266 g/mol. The number of esters is 1. The van der Waals surface area contributed by atoms with Crippen LogP contribution in [0.25, 0.3) is 0 Å². The Labute approximate surface area is 107 Å². The van der Waals surface area contributed by atoms with Gasteiger partial charge in [0.15, 0.2) is 10.8 Å². The van der Waals surface area contributed by atoms with Crippen LogP contribution in [-0.4, -0.2) is 18.1 Å². The van der Waals surface area contributed by atoms with Gasteiger partial charge >= 0.3 is 5.97 Å². The van der Waals surface area contributed by atoms with Gasteiger partial charge in [-0.05, 0) is 24.6 Å². The van der Waals surface area contributed by atoms with Gasteiger partial charge < -0.3 is 10.1 Å². The zero-order valence-corrected chi connectivity index (χ0v) is 10.7. The molecule has 0 aliphatic rings. The predicted molar refractivity (Wildman–Crippen MR) is 67.9 cm³/mol. The minimum atomic E-state index is -0.510. The van der Waals surface area contributed by atoms with Gasteiger partial charge in [-0.2, -0.15) is 0 Å². The van der Waals surface area contributed by atoms with Crippen LogP contribution in [0.2, 0.25) is 0 Å². The topological polar surface area (TPSA) is 51.2 Å². The summed E-state index contributed by atoms with van der Waals surface area (Å²) in [6.45, 7) is 1.81. The van der Waals surface area contributed by atoms with E-state index in [0.29, 0.717) is 10.8 Å². The number of aromatic nitrogens is 1. The molecule has 2 aromatic rings. The smallest absolute Gasteiger partial charge is 0.357 e. The zero-order chi connectivity index (χ0) is 13.1. The average Bonchev–Trinajstić information content (AvgIpc) is 2.80. The number of anilines is 2. The van der Waals surface area contributed by atoms with Crippen LogP contribution in [0.5, 0.6) is 0 Å². The second-order valence-corrected chi connectivity index (χ2v) is 4.50. The molecule has 0 aliphatic heterocycles. The summed E-state index contributed by atoms with van der Waals surface area (Å²) in [7, 11) is 1.29. The van der Waals surface area contributed by atoms with Crippen molar-refractivity contribution in [2.75, 3.05) is 12.4 Å². The number of nitrogens with zero attached hydrogens (tertiary/aromatic N) is 1. The molecule has 0 atom stereocenters. The maximum atomic E-state index is 13.6. The molecule has 0 aliphatic carbocycles. The van der Waals surface area contributed by atoms with Crippen LogP contribution in [0.4, 0.5) is 15.2 Å². The predicted octanol–water partition coefficient (Wildman–Crippen LogP) is 3.12. The summed E-state index contributed by atoms with van der Waals surface area (Å²) < 4.78 is 18.1. The normalized spacial score (nSPS) is 10.2. The molecule has 2 rings (SSSR count). The molecular weight excluding hydrogens is 255 g/mol. The van der Waals surface area contributed by atoms with Crippen molar-refractivity contribution < 1.29 is 13.9 Å². The van der Waals surface area contributed by atoms with Gasteiger partial charge in [0.2, 0.25) is 0 Å². The van der Waals surface area contributed by atoms with Gasteiger partial charge in [-0.1, -0.05) is 6.07 Å². The van der Waals surface area contributed by atoms with Crippen molar-refractivity contribution in [3.8, 4) is 0 Å². The van der Waals surface area contributed by atoms with E-state index < -0.39 is 5.97 Å². The molecule has 0 bridgehead atoms. The molecule has 0 radical (unpaired) electrons. The molecule has 1 aromatic carbocycles. The van der Waals surface area contributed by atoms with E-state index in [4.69, 9.17) is 0 Å². The van der Waals surface area contributed by atoms with Crippen molar-refractivity contribution in [2.24, 2.45) is 0 Å². The lowest BCUT2D eigenvalue weighted by molar-refractivity contribution is 0.0595. The third-order valence-corrected chi connectivity index (χ3v) is 3.02. The quantitative estimate of drug-likeness (QED) is 0.867. The first-order valence-electron chi connectivity index (χ1n) is 5.17.